The van der Waals surface area contributed by atoms with E-state index in [2.05, 4.69) is 6.92 Å². The van der Waals surface area contributed by atoms with Crippen molar-refractivity contribution in [1.82, 2.24) is 0 Å². The van der Waals surface area contributed by atoms with Crippen molar-refractivity contribution in [3.8, 4) is 11.5 Å². The average molecular weight is 505 g/mol. The Morgan fingerprint density at radius 3 is 2.22 bits per heavy atom. The second kappa shape index (κ2) is 12.8. The molecule has 3 nitrogen and oxygen atoms in total. The summed E-state index contributed by atoms with van der Waals surface area (Å²) in [5, 5.41) is 0. The van der Waals surface area contributed by atoms with Crippen LogP contribution in [0.2, 0.25) is 0 Å². The van der Waals surface area contributed by atoms with Crippen LogP contribution in [-0.4, -0.2) is 19.8 Å². The molecule has 2 aromatic rings. The first-order valence-corrected chi connectivity index (χ1v) is 13.6. The van der Waals surface area contributed by atoms with Crippen LogP contribution in [0.5, 0.6) is 11.5 Å². The van der Waals surface area contributed by atoms with Gasteiger partial charge in [-0.1, -0.05) is 50.8 Å². The zero-order chi connectivity index (χ0) is 25.5. The van der Waals surface area contributed by atoms with Crippen molar-refractivity contribution in [2.45, 2.75) is 83.7 Å². The van der Waals surface area contributed by atoms with E-state index in [9.17, 15) is 8.78 Å². The molecule has 0 bridgehead atoms. The quantitative estimate of drug-likeness (QED) is 0.324. The topological polar surface area (TPSA) is 27.7 Å². The zero-order valence-corrected chi connectivity index (χ0v) is 21.5. The van der Waals surface area contributed by atoms with Gasteiger partial charge in [-0.3, -0.25) is 0 Å². The molecule has 2 atom stereocenters. The lowest BCUT2D eigenvalue weighted by Gasteiger charge is -2.31. The number of ether oxygens (including phenoxy) is 3. The Hall–Kier alpha value is -2.21. The summed E-state index contributed by atoms with van der Waals surface area (Å²) in [5.74, 6) is 0.686. The SMILES string of the molecule is CCCC1CCC(COc2ccc(C3CCC(c4ccc(OCC)cc4)OC3)c(C(F)F)c2F)CC1. The lowest BCUT2D eigenvalue weighted by molar-refractivity contribution is 0.00145. The Labute approximate surface area is 213 Å². The summed E-state index contributed by atoms with van der Waals surface area (Å²) in [6.07, 6.45) is 5.24. The van der Waals surface area contributed by atoms with Crippen LogP contribution in [-0.2, 0) is 4.74 Å². The first-order chi connectivity index (χ1) is 17.5. The van der Waals surface area contributed by atoms with Crippen LogP contribution in [0.4, 0.5) is 13.2 Å². The van der Waals surface area contributed by atoms with Gasteiger partial charge in [-0.15, -0.1) is 0 Å². The largest absolute Gasteiger partial charge is 0.494 e. The molecule has 198 valence electrons. The highest BCUT2D eigenvalue weighted by molar-refractivity contribution is 5.41. The number of benzene rings is 2. The molecule has 36 heavy (non-hydrogen) atoms. The minimum atomic E-state index is -2.91. The van der Waals surface area contributed by atoms with E-state index in [-0.39, 0.29) is 24.4 Å². The number of hydrogen-bond acceptors (Lipinski definition) is 3. The second-order valence-corrected chi connectivity index (χ2v) is 10.3. The van der Waals surface area contributed by atoms with Crippen molar-refractivity contribution >= 4 is 0 Å². The molecule has 1 saturated carbocycles. The maximum absolute atomic E-state index is 15.2. The van der Waals surface area contributed by atoms with Crippen LogP contribution >= 0.6 is 0 Å². The van der Waals surface area contributed by atoms with Gasteiger partial charge in [0.2, 0.25) is 0 Å². The molecular weight excluding hydrogens is 465 g/mol. The smallest absolute Gasteiger partial charge is 0.267 e. The zero-order valence-electron chi connectivity index (χ0n) is 21.5. The van der Waals surface area contributed by atoms with Gasteiger partial charge in [0.15, 0.2) is 11.6 Å². The van der Waals surface area contributed by atoms with E-state index in [1.54, 1.807) is 6.07 Å². The Balaban J connectivity index is 1.37. The molecular formula is C30H39F3O3. The summed E-state index contributed by atoms with van der Waals surface area (Å²) < 4.78 is 60.6. The molecule has 1 heterocycles. The van der Waals surface area contributed by atoms with E-state index in [0.29, 0.717) is 37.5 Å². The maximum atomic E-state index is 15.2. The third-order valence-corrected chi connectivity index (χ3v) is 7.81. The van der Waals surface area contributed by atoms with Gasteiger partial charge in [0.1, 0.15) is 5.75 Å². The summed E-state index contributed by atoms with van der Waals surface area (Å²) in [4.78, 5) is 0. The Morgan fingerprint density at radius 2 is 1.61 bits per heavy atom. The van der Waals surface area contributed by atoms with E-state index >= 15 is 4.39 Å². The second-order valence-electron chi connectivity index (χ2n) is 10.3. The van der Waals surface area contributed by atoms with Gasteiger partial charge in [0, 0.05) is 5.92 Å². The van der Waals surface area contributed by atoms with Crippen LogP contribution < -0.4 is 9.47 Å². The average Bonchev–Trinajstić information content (AvgIpc) is 2.89. The van der Waals surface area contributed by atoms with E-state index in [1.807, 2.05) is 31.2 Å². The van der Waals surface area contributed by atoms with Crippen molar-refractivity contribution in [2.24, 2.45) is 11.8 Å². The molecule has 1 saturated heterocycles. The fraction of sp³-hybridized carbons (Fsp3) is 0.600. The number of alkyl halides is 2. The predicted molar refractivity (Wildman–Crippen MR) is 135 cm³/mol. The highest BCUT2D eigenvalue weighted by atomic mass is 19.3. The van der Waals surface area contributed by atoms with Gasteiger partial charge < -0.3 is 14.2 Å². The molecule has 0 spiro atoms. The van der Waals surface area contributed by atoms with Gasteiger partial charge in [-0.25, -0.2) is 13.2 Å². The van der Waals surface area contributed by atoms with Crippen LogP contribution in [0.1, 0.15) is 100 Å². The van der Waals surface area contributed by atoms with Crippen LogP contribution in [0.3, 0.4) is 0 Å². The van der Waals surface area contributed by atoms with Gasteiger partial charge >= 0.3 is 0 Å². The third kappa shape index (κ3) is 6.56. The molecule has 0 amide bonds. The molecule has 2 unspecified atom stereocenters. The fourth-order valence-corrected chi connectivity index (χ4v) is 5.78. The number of hydrogen-bond donors (Lipinski definition) is 0. The molecule has 2 aromatic carbocycles. The first kappa shape index (κ1) is 26.8. The minimum absolute atomic E-state index is 0.0614. The molecule has 0 radical (unpaired) electrons. The maximum Gasteiger partial charge on any atom is 0.267 e. The van der Waals surface area contributed by atoms with Gasteiger partial charge in [-0.2, -0.15) is 0 Å². The van der Waals surface area contributed by atoms with Crippen molar-refractivity contribution in [3.05, 3.63) is 58.9 Å². The van der Waals surface area contributed by atoms with Gasteiger partial charge in [0.05, 0.1) is 31.5 Å². The Bertz CT molecular complexity index is 947. The predicted octanol–water partition coefficient (Wildman–Crippen LogP) is 8.78. The summed E-state index contributed by atoms with van der Waals surface area (Å²) in [6, 6.07) is 10.9. The summed E-state index contributed by atoms with van der Waals surface area (Å²) in [6.45, 7) is 5.41. The third-order valence-electron chi connectivity index (χ3n) is 7.81. The van der Waals surface area contributed by atoms with E-state index in [0.717, 1.165) is 30.1 Å². The monoisotopic (exact) mass is 504 g/mol. The Kier molecular flexibility index (Phi) is 9.58. The number of rotatable bonds is 10. The Morgan fingerprint density at radius 1 is 0.889 bits per heavy atom. The highest BCUT2D eigenvalue weighted by Crippen LogP contribution is 2.42. The lowest BCUT2D eigenvalue weighted by atomic mass is 9.80. The van der Waals surface area contributed by atoms with Crippen molar-refractivity contribution < 1.29 is 27.4 Å². The first-order valence-electron chi connectivity index (χ1n) is 13.6. The van der Waals surface area contributed by atoms with Crippen molar-refractivity contribution in [2.75, 3.05) is 19.8 Å². The van der Waals surface area contributed by atoms with Crippen LogP contribution in [0.15, 0.2) is 36.4 Å². The molecule has 1 aliphatic carbocycles. The summed E-state index contributed by atoms with van der Waals surface area (Å²) in [7, 11) is 0. The molecule has 0 aromatic heterocycles. The lowest BCUT2D eigenvalue weighted by Crippen LogP contribution is -2.22. The van der Waals surface area contributed by atoms with Crippen molar-refractivity contribution in [1.29, 1.82) is 0 Å². The molecule has 4 rings (SSSR count). The molecule has 2 fully saturated rings. The van der Waals surface area contributed by atoms with Crippen molar-refractivity contribution in [3.63, 3.8) is 0 Å². The summed E-state index contributed by atoms with van der Waals surface area (Å²) >= 11 is 0. The molecule has 1 aliphatic heterocycles. The molecule has 0 N–H and O–H groups in total. The molecule has 2 aliphatic rings. The summed E-state index contributed by atoms with van der Waals surface area (Å²) in [5.41, 5.74) is 0.831. The number of halogens is 3. The normalized spacial score (nSPS) is 24.6. The van der Waals surface area contributed by atoms with E-state index in [4.69, 9.17) is 14.2 Å². The van der Waals surface area contributed by atoms with Gasteiger partial charge in [-0.05, 0) is 73.8 Å². The standard InChI is InChI=1S/C30H39F3O3/c1-3-5-20-6-8-21(9-7-20)18-35-27-17-15-25(28(29(27)31)30(32)33)23-12-16-26(36-19-23)22-10-13-24(14-11-22)34-4-2/h10-11,13-15,17,20-21,23,26,30H,3-9,12,16,18-19H2,1-2H3. The van der Waals surface area contributed by atoms with Gasteiger partial charge in [0.25, 0.3) is 6.43 Å². The minimum Gasteiger partial charge on any atom is -0.494 e. The van der Waals surface area contributed by atoms with Crippen LogP contribution in [0.25, 0.3) is 0 Å². The highest BCUT2D eigenvalue weighted by Gasteiger charge is 2.31. The van der Waals surface area contributed by atoms with Crippen LogP contribution in [0, 0.1) is 17.7 Å². The van der Waals surface area contributed by atoms with E-state index < -0.39 is 17.8 Å². The molecule has 6 heteroatoms. The fourth-order valence-electron chi connectivity index (χ4n) is 5.78. The van der Waals surface area contributed by atoms with E-state index in [1.165, 1.54) is 31.7 Å².